The molecule has 0 spiro atoms. The van der Waals surface area contributed by atoms with E-state index in [1.807, 2.05) is 0 Å². The van der Waals surface area contributed by atoms with E-state index >= 15 is 0 Å². The van der Waals surface area contributed by atoms with Crippen LogP contribution in [-0.2, 0) is 10.0 Å². The van der Waals surface area contributed by atoms with Crippen molar-refractivity contribution < 1.29 is 8.42 Å². The number of halogens is 1. The summed E-state index contributed by atoms with van der Waals surface area (Å²) in [6, 6.07) is 2.93. The van der Waals surface area contributed by atoms with Crippen molar-refractivity contribution in [3.63, 3.8) is 0 Å². The molecule has 98 valence electrons. The first-order valence-electron chi connectivity index (χ1n) is 5.84. The summed E-state index contributed by atoms with van der Waals surface area (Å²) in [6.07, 6.45) is 8.49. The molecule has 1 unspecified atom stereocenters. The Balaban J connectivity index is 1.99. The molecule has 1 aliphatic carbocycles. The van der Waals surface area contributed by atoms with Gasteiger partial charge in [-0.3, -0.25) is 0 Å². The van der Waals surface area contributed by atoms with Crippen molar-refractivity contribution in [3.05, 3.63) is 35.6 Å². The first-order valence-corrected chi connectivity index (χ1v) is 7.70. The molecule has 1 heterocycles. The van der Waals surface area contributed by atoms with Crippen LogP contribution in [0.4, 0.5) is 0 Å². The molecule has 0 bridgehead atoms. The third kappa shape index (κ3) is 3.54. The monoisotopic (exact) mass is 286 g/mol. The molecule has 1 aromatic rings. The van der Waals surface area contributed by atoms with Crippen molar-refractivity contribution in [2.75, 3.05) is 6.54 Å². The molecule has 4 nitrogen and oxygen atoms in total. The van der Waals surface area contributed by atoms with Gasteiger partial charge in [-0.15, -0.1) is 0 Å². The Hall–Kier alpha value is -0.910. The smallest absolute Gasteiger partial charge is 0.242 e. The number of allylic oxidation sites excluding steroid dienone is 2. The van der Waals surface area contributed by atoms with Crippen molar-refractivity contribution in [1.82, 2.24) is 9.71 Å². The fourth-order valence-corrected chi connectivity index (χ4v) is 3.05. The van der Waals surface area contributed by atoms with Crippen LogP contribution in [0.2, 0.25) is 5.15 Å². The maximum absolute atomic E-state index is 12.0. The highest BCUT2D eigenvalue weighted by atomic mass is 35.5. The third-order valence-electron chi connectivity index (χ3n) is 2.95. The van der Waals surface area contributed by atoms with Gasteiger partial charge in [0.1, 0.15) is 10.0 Å². The van der Waals surface area contributed by atoms with Crippen molar-refractivity contribution in [3.8, 4) is 0 Å². The van der Waals surface area contributed by atoms with Gasteiger partial charge in [0, 0.05) is 12.7 Å². The van der Waals surface area contributed by atoms with E-state index in [4.69, 9.17) is 11.6 Å². The van der Waals surface area contributed by atoms with E-state index < -0.39 is 10.0 Å². The van der Waals surface area contributed by atoms with E-state index in [-0.39, 0.29) is 10.0 Å². The molecule has 1 aromatic heterocycles. The SMILES string of the molecule is O=S(=O)(NCC1CC=CCC1)c1ccc(Cl)nc1. The van der Waals surface area contributed by atoms with Gasteiger partial charge in [-0.25, -0.2) is 18.1 Å². The first kappa shape index (κ1) is 13.5. The van der Waals surface area contributed by atoms with Crippen molar-refractivity contribution >= 4 is 21.6 Å². The van der Waals surface area contributed by atoms with Gasteiger partial charge < -0.3 is 0 Å². The van der Waals surface area contributed by atoms with Crippen LogP contribution in [0.3, 0.4) is 0 Å². The van der Waals surface area contributed by atoms with Gasteiger partial charge in [0.15, 0.2) is 0 Å². The van der Waals surface area contributed by atoms with Crippen molar-refractivity contribution in [2.45, 2.75) is 24.2 Å². The number of nitrogens with one attached hydrogen (secondary N) is 1. The molecule has 0 aromatic carbocycles. The minimum absolute atomic E-state index is 0.151. The summed E-state index contributed by atoms with van der Waals surface area (Å²) in [7, 11) is -3.47. The van der Waals surface area contributed by atoms with Gasteiger partial charge >= 0.3 is 0 Å². The Bertz CT molecular complexity index is 526. The predicted molar refractivity (Wildman–Crippen MR) is 70.9 cm³/mol. The molecular weight excluding hydrogens is 272 g/mol. The molecule has 0 saturated carbocycles. The highest BCUT2D eigenvalue weighted by molar-refractivity contribution is 7.89. The van der Waals surface area contributed by atoms with Crippen LogP contribution >= 0.6 is 11.6 Å². The molecule has 1 atom stereocenters. The number of pyridine rings is 1. The van der Waals surface area contributed by atoms with Crippen LogP contribution in [0, 0.1) is 5.92 Å². The van der Waals surface area contributed by atoms with E-state index in [2.05, 4.69) is 21.9 Å². The molecule has 1 aliphatic rings. The van der Waals surface area contributed by atoms with E-state index in [0.29, 0.717) is 12.5 Å². The Morgan fingerprint density at radius 1 is 1.39 bits per heavy atom. The number of aromatic nitrogens is 1. The topological polar surface area (TPSA) is 59.1 Å². The average molecular weight is 287 g/mol. The average Bonchev–Trinajstić information content (AvgIpc) is 2.38. The van der Waals surface area contributed by atoms with Gasteiger partial charge in [-0.1, -0.05) is 23.8 Å². The summed E-state index contributed by atoms with van der Waals surface area (Å²) in [5, 5.41) is 0.284. The van der Waals surface area contributed by atoms with Crippen molar-refractivity contribution in [1.29, 1.82) is 0 Å². The lowest BCUT2D eigenvalue weighted by Crippen LogP contribution is -2.29. The quantitative estimate of drug-likeness (QED) is 0.683. The second kappa shape index (κ2) is 5.82. The number of hydrogen-bond acceptors (Lipinski definition) is 3. The van der Waals surface area contributed by atoms with E-state index in [1.54, 1.807) is 0 Å². The minimum atomic E-state index is -3.47. The van der Waals surface area contributed by atoms with Gasteiger partial charge in [-0.2, -0.15) is 0 Å². The van der Waals surface area contributed by atoms with Gasteiger partial charge in [0.2, 0.25) is 10.0 Å². The fraction of sp³-hybridized carbons (Fsp3) is 0.417. The Kier molecular flexibility index (Phi) is 4.37. The largest absolute Gasteiger partial charge is 0.243 e. The summed E-state index contributed by atoms with van der Waals surface area (Å²) >= 11 is 5.63. The van der Waals surface area contributed by atoms with Crippen LogP contribution in [0.15, 0.2) is 35.4 Å². The van der Waals surface area contributed by atoms with Crippen LogP contribution in [0.1, 0.15) is 19.3 Å². The maximum Gasteiger partial charge on any atom is 0.242 e. The van der Waals surface area contributed by atoms with E-state index in [0.717, 1.165) is 19.3 Å². The number of rotatable bonds is 4. The molecule has 1 N–H and O–H groups in total. The lowest BCUT2D eigenvalue weighted by Gasteiger charge is -2.18. The summed E-state index contributed by atoms with van der Waals surface area (Å²) in [5.74, 6) is 0.380. The number of nitrogens with zero attached hydrogens (tertiary/aromatic N) is 1. The molecule has 18 heavy (non-hydrogen) atoms. The Labute approximate surface area is 112 Å². The zero-order valence-electron chi connectivity index (χ0n) is 9.84. The second-order valence-corrected chi connectivity index (χ2v) is 6.47. The molecule has 0 radical (unpaired) electrons. The molecule has 2 rings (SSSR count). The van der Waals surface area contributed by atoms with Crippen LogP contribution in [0.25, 0.3) is 0 Å². The standard InChI is InChI=1S/C12H15ClN2O2S/c13-12-7-6-11(9-14-12)18(16,17)15-8-10-4-2-1-3-5-10/h1-2,6-7,9-10,15H,3-5,8H2. The lowest BCUT2D eigenvalue weighted by molar-refractivity contribution is 0.468. The zero-order chi connectivity index (χ0) is 13.0. The molecule has 0 amide bonds. The predicted octanol–water partition coefficient (Wildman–Crippen LogP) is 2.37. The fourth-order valence-electron chi connectivity index (χ4n) is 1.87. The molecule has 0 saturated heterocycles. The molecule has 0 aliphatic heterocycles. The summed E-state index contributed by atoms with van der Waals surface area (Å²) < 4.78 is 26.6. The van der Waals surface area contributed by atoms with Gasteiger partial charge in [0.05, 0.1) is 0 Å². The minimum Gasteiger partial charge on any atom is -0.243 e. The Morgan fingerprint density at radius 2 is 2.22 bits per heavy atom. The van der Waals surface area contributed by atoms with Crippen LogP contribution < -0.4 is 4.72 Å². The summed E-state index contributed by atoms with van der Waals surface area (Å²) in [4.78, 5) is 3.93. The van der Waals surface area contributed by atoms with E-state index in [1.165, 1.54) is 18.3 Å². The number of sulfonamides is 1. The molecule has 0 fully saturated rings. The summed E-state index contributed by atoms with van der Waals surface area (Å²) in [6.45, 7) is 0.468. The van der Waals surface area contributed by atoms with Crippen molar-refractivity contribution in [2.24, 2.45) is 5.92 Å². The molecule has 6 heteroatoms. The van der Waals surface area contributed by atoms with Gasteiger partial charge in [-0.05, 0) is 37.3 Å². The Morgan fingerprint density at radius 3 is 2.83 bits per heavy atom. The highest BCUT2D eigenvalue weighted by Crippen LogP contribution is 2.18. The highest BCUT2D eigenvalue weighted by Gasteiger charge is 2.17. The van der Waals surface area contributed by atoms with Crippen LogP contribution in [-0.4, -0.2) is 19.9 Å². The third-order valence-corrected chi connectivity index (χ3v) is 4.58. The maximum atomic E-state index is 12.0. The molecular formula is C12H15ClN2O2S. The van der Waals surface area contributed by atoms with Crippen LogP contribution in [0.5, 0.6) is 0 Å². The van der Waals surface area contributed by atoms with Gasteiger partial charge in [0.25, 0.3) is 0 Å². The first-order chi connectivity index (χ1) is 8.58. The summed E-state index contributed by atoms with van der Waals surface area (Å²) in [5.41, 5.74) is 0. The lowest BCUT2D eigenvalue weighted by atomic mass is 9.95. The van der Waals surface area contributed by atoms with E-state index in [9.17, 15) is 8.42 Å². The normalized spacial score (nSPS) is 19.9. The zero-order valence-corrected chi connectivity index (χ0v) is 11.4. The number of hydrogen-bond donors (Lipinski definition) is 1. The second-order valence-electron chi connectivity index (χ2n) is 4.32.